The lowest BCUT2D eigenvalue weighted by molar-refractivity contribution is 0.250. The Morgan fingerprint density at radius 3 is 3.00 bits per heavy atom. The molecule has 1 aliphatic rings. The first kappa shape index (κ1) is 17.4. The predicted molar refractivity (Wildman–Crippen MR) is 106 cm³/mol. The monoisotopic (exact) mass is 365 g/mol. The number of carbonyl (C=O) groups excluding carboxylic acids is 1. The van der Waals surface area contributed by atoms with Gasteiger partial charge in [0.2, 0.25) is 0 Å². The van der Waals surface area contributed by atoms with Crippen molar-refractivity contribution in [3.63, 3.8) is 0 Å². The molecular weight excluding hydrogens is 342 g/mol. The second kappa shape index (κ2) is 7.28. The number of urea groups is 1. The van der Waals surface area contributed by atoms with E-state index in [9.17, 15) is 4.79 Å². The van der Waals surface area contributed by atoms with Crippen LogP contribution in [0.5, 0.6) is 0 Å². The summed E-state index contributed by atoms with van der Waals surface area (Å²) in [4.78, 5) is 18.5. The van der Waals surface area contributed by atoms with E-state index in [0.29, 0.717) is 23.8 Å². The molecule has 3 aromatic rings. The molecule has 27 heavy (non-hydrogen) atoms. The molecule has 1 unspecified atom stereocenters. The number of benzene rings is 2. The van der Waals surface area contributed by atoms with E-state index in [2.05, 4.69) is 39.1 Å². The lowest BCUT2D eigenvalue weighted by Crippen LogP contribution is -2.40. The molecule has 2 amide bonds. The topological polar surface area (TPSA) is 82.4 Å². The van der Waals surface area contributed by atoms with Gasteiger partial charge in [0, 0.05) is 38.4 Å². The summed E-state index contributed by atoms with van der Waals surface area (Å²) in [7, 11) is 3.74. The van der Waals surface area contributed by atoms with E-state index >= 15 is 0 Å². The fraction of sp³-hybridized carbons (Fsp3) is 0.300. The normalized spacial score (nSPS) is 16.0. The summed E-state index contributed by atoms with van der Waals surface area (Å²) in [5, 5.41) is 9.26. The van der Waals surface area contributed by atoms with Crippen LogP contribution < -0.4 is 20.9 Å². The van der Waals surface area contributed by atoms with Gasteiger partial charge in [0.25, 0.3) is 6.01 Å². The highest BCUT2D eigenvalue weighted by atomic mass is 16.4. The number of carbonyl (C=O) groups is 1. The Morgan fingerprint density at radius 1 is 1.30 bits per heavy atom. The first-order valence-electron chi connectivity index (χ1n) is 9.04. The molecule has 0 fully saturated rings. The minimum Gasteiger partial charge on any atom is -0.423 e. The zero-order valence-electron chi connectivity index (χ0n) is 15.5. The van der Waals surface area contributed by atoms with Crippen LogP contribution in [0.3, 0.4) is 0 Å². The molecule has 0 bridgehead atoms. The summed E-state index contributed by atoms with van der Waals surface area (Å²) in [6.07, 6.45) is 1.02. The first-order chi connectivity index (χ1) is 13.1. The number of fused-ring (bicyclic) bond motifs is 2. The highest BCUT2D eigenvalue weighted by Gasteiger charge is 2.19. The van der Waals surface area contributed by atoms with Gasteiger partial charge in [-0.05, 0) is 36.2 Å². The molecule has 4 rings (SSSR count). The third-order valence-corrected chi connectivity index (χ3v) is 4.70. The van der Waals surface area contributed by atoms with Crippen LogP contribution >= 0.6 is 0 Å². The molecule has 7 nitrogen and oxygen atoms in total. The summed E-state index contributed by atoms with van der Waals surface area (Å²) >= 11 is 0. The molecule has 1 atom stereocenters. The Morgan fingerprint density at radius 2 is 2.15 bits per heavy atom. The van der Waals surface area contributed by atoms with Crippen LogP contribution in [0.4, 0.5) is 16.5 Å². The highest BCUT2D eigenvalue weighted by molar-refractivity contribution is 5.91. The van der Waals surface area contributed by atoms with E-state index in [1.54, 1.807) is 11.0 Å². The van der Waals surface area contributed by atoms with Crippen molar-refractivity contribution < 1.29 is 9.21 Å². The molecule has 0 radical (unpaired) electrons. The second-order valence-corrected chi connectivity index (χ2v) is 6.86. The average molecular weight is 365 g/mol. The summed E-state index contributed by atoms with van der Waals surface area (Å²) in [6, 6.07) is 14.2. The van der Waals surface area contributed by atoms with Crippen molar-refractivity contribution >= 4 is 28.8 Å². The SMILES string of the molecule is CN(C)c1nc2ccc(NC(=O)NCC3NCCc4ccccc43)cc2o1. The third kappa shape index (κ3) is 3.73. The van der Waals surface area contributed by atoms with Crippen LogP contribution in [0.15, 0.2) is 46.9 Å². The van der Waals surface area contributed by atoms with Gasteiger partial charge >= 0.3 is 6.03 Å². The second-order valence-electron chi connectivity index (χ2n) is 6.86. The van der Waals surface area contributed by atoms with Gasteiger partial charge in [-0.25, -0.2) is 4.79 Å². The molecule has 0 aliphatic carbocycles. The number of oxazole rings is 1. The van der Waals surface area contributed by atoms with E-state index < -0.39 is 0 Å². The number of nitrogens with one attached hydrogen (secondary N) is 3. The van der Waals surface area contributed by atoms with Crippen LogP contribution in [-0.2, 0) is 6.42 Å². The number of hydrogen-bond acceptors (Lipinski definition) is 5. The minimum atomic E-state index is -0.244. The summed E-state index contributed by atoms with van der Waals surface area (Å²) in [5.74, 6) is 0. The highest BCUT2D eigenvalue weighted by Crippen LogP contribution is 2.24. The molecule has 3 N–H and O–H groups in total. The van der Waals surface area contributed by atoms with Crippen molar-refractivity contribution in [2.24, 2.45) is 0 Å². The lowest BCUT2D eigenvalue weighted by Gasteiger charge is -2.27. The summed E-state index contributed by atoms with van der Waals surface area (Å²) in [6.45, 7) is 1.44. The Hall–Kier alpha value is -3.06. The molecule has 0 spiro atoms. The molecule has 2 aromatic carbocycles. The van der Waals surface area contributed by atoms with E-state index in [0.717, 1.165) is 18.5 Å². The van der Waals surface area contributed by atoms with Gasteiger partial charge in [-0.3, -0.25) is 0 Å². The van der Waals surface area contributed by atoms with Gasteiger partial charge in [0.15, 0.2) is 5.58 Å². The summed E-state index contributed by atoms with van der Waals surface area (Å²) < 4.78 is 5.68. The van der Waals surface area contributed by atoms with E-state index in [-0.39, 0.29) is 12.1 Å². The largest absolute Gasteiger partial charge is 0.423 e. The molecule has 2 heterocycles. The molecule has 1 aromatic heterocycles. The van der Waals surface area contributed by atoms with Crippen LogP contribution in [0.1, 0.15) is 17.2 Å². The third-order valence-electron chi connectivity index (χ3n) is 4.70. The maximum absolute atomic E-state index is 12.3. The quantitative estimate of drug-likeness (QED) is 0.662. The number of nitrogens with zero attached hydrogens (tertiary/aromatic N) is 2. The molecule has 7 heteroatoms. The maximum atomic E-state index is 12.3. The van der Waals surface area contributed by atoms with E-state index in [1.165, 1.54) is 11.1 Å². The van der Waals surface area contributed by atoms with Crippen molar-refractivity contribution in [1.82, 2.24) is 15.6 Å². The number of rotatable bonds is 4. The van der Waals surface area contributed by atoms with Gasteiger partial charge in [-0.1, -0.05) is 24.3 Å². The standard InChI is InChI=1S/C20H23N5O2/c1-25(2)20-24-16-8-7-14(11-18(16)27-20)23-19(26)22-12-17-15-6-4-3-5-13(15)9-10-21-17/h3-8,11,17,21H,9-10,12H2,1-2H3,(H2,22,23,26). The Bertz CT molecular complexity index is 966. The number of hydrogen-bond donors (Lipinski definition) is 3. The van der Waals surface area contributed by atoms with Crippen molar-refractivity contribution in [2.45, 2.75) is 12.5 Å². The van der Waals surface area contributed by atoms with Gasteiger partial charge in [-0.15, -0.1) is 0 Å². The van der Waals surface area contributed by atoms with Crippen LogP contribution in [0, 0.1) is 0 Å². The number of amides is 2. The van der Waals surface area contributed by atoms with Crippen molar-refractivity contribution in [1.29, 1.82) is 0 Å². The Labute approximate surface area is 157 Å². The maximum Gasteiger partial charge on any atom is 0.319 e. The number of anilines is 2. The Kier molecular flexibility index (Phi) is 4.68. The van der Waals surface area contributed by atoms with Gasteiger partial charge < -0.3 is 25.3 Å². The van der Waals surface area contributed by atoms with E-state index in [4.69, 9.17) is 4.42 Å². The molecule has 0 saturated carbocycles. The Balaban J connectivity index is 1.39. The fourth-order valence-electron chi connectivity index (χ4n) is 3.33. The zero-order valence-corrected chi connectivity index (χ0v) is 15.5. The van der Waals surface area contributed by atoms with E-state index in [1.807, 2.05) is 32.3 Å². The van der Waals surface area contributed by atoms with Crippen molar-refractivity contribution in [3.05, 3.63) is 53.6 Å². The lowest BCUT2D eigenvalue weighted by atomic mass is 9.94. The molecule has 0 saturated heterocycles. The first-order valence-corrected chi connectivity index (χ1v) is 9.04. The van der Waals surface area contributed by atoms with Crippen LogP contribution in [-0.4, -0.2) is 38.2 Å². The average Bonchev–Trinajstić information content (AvgIpc) is 3.10. The predicted octanol–water partition coefficient (Wildman–Crippen LogP) is 2.90. The molecule has 1 aliphatic heterocycles. The number of aromatic nitrogens is 1. The van der Waals surface area contributed by atoms with Crippen LogP contribution in [0.25, 0.3) is 11.1 Å². The van der Waals surface area contributed by atoms with Gasteiger partial charge in [-0.2, -0.15) is 4.98 Å². The summed E-state index contributed by atoms with van der Waals surface area (Å²) in [5.41, 5.74) is 4.66. The zero-order chi connectivity index (χ0) is 18.8. The van der Waals surface area contributed by atoms with Crippen molar-refractivity contribution in [2.75, 3.05) is 37.4 Å². The smallest absolute Gasteiger partial charge is 0.319 e. The molecular formula is C20H23N5O2. The van der Waals surface area contributed by atoms with Gasteiger partial charge in [0.05, 0.1) is 0 Å². The van der Waals surface area contributed by atoms with Gasteiger partial charge in [0.1, 0.15) is 5.52 Å². The van der Waals surface area contributed by atoms with Crippen molar-refractivity contribution in [3.8, 4) is 0 Å². The van der Waals surface area contributed by atoms with Crippen LogP contribution in [0.2, 0.25) is 0 Å². The fourth-order valence-corrected chi connectivity index (χ4v) is 3.33. The minimum absolute atomic E-state index is 0.125. The molecule has 140 valence electrons.